The number of sulfone groups is 1. The number of piperazine rings is 1. The maximum atomic E-state index is 11.5. The molecule has 0 spiro atoms. The minimum atomic E-state index is -2.74. The lowest BCUT2D eigenvalue weighted by molar-refractivity contribution is 0.116. The van der Waals surface area contributed by atoms with Gasteiger partial charge < -0.3 is 5.32 Å². The Hall–Kier alpha value is -0.130. The van der Waals surface area contributed by atoms with Crippen molar-refractivity contribution in [2.24, 2.45) is 11.8 Å². The average Bonchev–Trinajstić information content (AvgIpc) is 2.62. The zero-order valence-electron chi connectivity index (χ0n) is 12.4. The summed E-state index contributed by atoms with van der Waals surface area (Å²) in [6, 6.07) is 1.08. The van der Waals surface area contributed by atoms with Crippen LogP contribution < -0.4 is 5.32 Å². The molecule has 19 heavy (non-hydrogen) atoms. The van der Waals surface area contributed by atoms with Crippen LogP contribution in [0.5, 0.6) is 0 Å². The number of rotatable bonds is 4. The predicted molar refractivity (Wildman–Crippen MR) is 79.0 cm³/mol. The van der Waals surface area contributed by atoms with Crippen molar-refractivity contribution in [1.29, 1.82) is 0 Å². The molecular weight excluding hydrogens is 260 g/mol. The molecule has 2 rings (SSSR count). The molecule has 2 aliphatic heterocycles. The Morgan fingerprint density at radius 1 is 1.37 bits per heavy atom. The first kappa shape index (κ1) is 15.3. The molecule has 2 heterocycles. The number of hydrogen-bond donors (Lipinski definition) is 1. The topological polar surface area (TPSA) is 49.4 Å². The van der Waals surface area contributed by atoms with Crippen molar-refractivity contribution in [2.45, 2.75) is 45.7 Å². The molecule has 2 fully saturated rings. The average molecular weight is 288 g/mol. The molecule has 1 N–H and O–H groups in total. The molecule has 4 nitrogen and oxygen atoms in total. The van der Waals surface area contributed by atoms with E-state index in [2.05, 4.69) is 31.0 Å². The first-order valence-electron chi connectivity index (χ1n) is 7.53. The molecule has 0 aliphatic carbocycles. The minimum absolute atomic E-state index is 0.352. The van der Waals surface area contributed by atoms with Gasteiger partial charge in [-0.05, 0) is 31.6 Å². The van der Waals surface area contributed by atoms with Gasteiger partial charge in [-0.15, -0.1) is 0 Å². The van der Waals surface area contributed by atoms with Gasteiger partial charge in [-0.3, -0.25) is 4.90 Å². The van der Waals surface area contributed by atoms with Gasteiger partial charge >= 0.3 is 0 Å². The van der Waals surface area contributed by atoms with Gasteiger partial charge in [-0.2, -0.15) is 0 Å². The van der Waals surface area contributed by atoms with Gasteiger partial charge in [0.1, 0.15) is 0 Å². The molecule has 0 saturated carbocycles. The van der Waals surface area contributed by atoms with Gasteiger partial charge in [0, 0.05) is 31.7 Å². The molecule has 2 saturated heterocycles. The van der Waals surface area contributed by atoms with Crippen LogP contribution in [0.15, 0.2) is 0 Å². The lowest BCUT2D eigenvalue weighted by atomic mass is 9.98. The fourth-order valence-corrected chi connectivity index (χ4v) is 5.17. The second-order valence-electron chi connectivity index (χ2n) is 6.81. The zero-order chi connectivity index (χ0) is 14.0. The molecule has 0 amide bonds. The van der Waals surface area contributed by atoms with Crippen LogP contribution in [0.1, 0.15) is 33.6 Å². The van der Waals surface area contributed by atoms with E-state index in [0.717, 1.165) is 26.1 Å². The maximum absolute atomic E-state index is 11.5. The molecule has 2 aliphatic rings. The quantitative estimate of drug-likeness (QED) is 0.842. The largest absolute Gasteiger partial charge is 0.311 e. The van der Waals surface area contributed by atoms with Gasteiger partial charge in [0.25, 0.3) is 0 Å². The molecule has 0 bridgehead atoms. The van der Waals surface area contributed by atoms with E-state index in [-0.39, 0.29) is 0 Å². The molecular formula is C14H28N2O2S. The third-order valence-electron chi connectivity index (χ3n) is 4.36. The number of hydrogen-bond acceptors (Lipinski definition) is 4. The Kier molecular flexibility index (Phi) is 4.90. The highest BCUT2D eigenvalue weighted by molar-refractivity contribution is 7.91. The summed E-state index contributed by atoms with van der Waals surface area (Å²) in [7, 11) is -2.74. The monoisotopic (exact) mass is 288 g/mol. The Morgan fingerprint density at radius 3 is 2.68 bits per heavy atom. The Bertz CT molecular complexity index is 394. The van der Waals surface area contributed by atoms with Crippen molar-refractivity contribution in [3.8, 4) is 0 Å². The smallest absolute Gasteiger partial charge is 0.150 e. The van der Waals surface area contributed by atoms with E-state index in [1.807, 2.05) is 0 Å². The van der Waals surface area contributed by atoms with Gasteiger partial charge in [0.15, 0.2) is 9.84 Å². The van der Waals surface area contributed by atoms with Crippen LogP contribution in [0.3, 0.4) is 0 Å². The second-order valence-corrected chi connectivity index (χ2v) is 9.04. The minimum Gasteiger partial charge on any atom is -0.311 e. The summed E-state index contributed by atoms with van der Waals surface area (Å²) in [5.74, 6) is 1.86. The van der Waals surface area contributed by atoms with Crippen LogP contribution in [0.25, 0.3) is 0 Å². The van der Waals surface area contributed by atoms with Crippen LogP contribution in [-0.2, 0) is 9.84 Å². The SMILES string of the molecule is CC(C)CC1CN(CC2CCS(=O)(=O)C2)C(C)CN1. The highest BCUT2D eigenvalue weighted by Gasteiger charge is 2.32. The summed E-state index contributed by atoms with van der Waals surface area (Å²) >= 11 is 0. The molecule has 0 aromatic rings. The van der Waals surface area contributed by atoms with Crippen molar-refractivity contribution < 1.29 is 8.42 Å². The lowest BCUT2D eigenvalue weighted by Gasteiger charge is -2.40. The maximum Gasteiger partial charge on any atom is 0.150 e. The van der Waals surface area contributed by atoms with E-state index in [1.165, 1.54) is 6.42 Å². The zero-order valence-corrected chi connectivity index (χ0v) is 13.2. The van der Waals surface area contributed by atoms with Gasteiger partial charge in [0.2, 0.25) is 0 Å². The lowest BCUT2D eigenvalue weighted by Crippen LogP contribution is -2.56. The fraction of sp³-hybridized carbons (Fsp3) is 1.00. The first-order valence-corrected chi connectivity index (χ1v) is 9.35. The number of nitrogens with zero attached hydrogens (tertiary/aromatic N) is 1. The van der Waals surface area contributed by atoms with Gasteiger partial charge in [-0.25, -0.2) is 8.42 Å². The van der Waals surface area contributed by atoms with E-state index in [4.69, 9.17) is 0 Å². The van der Waals surface area contributed by atoms with Crippen LogP contribution in [0.2, 0.25) is 0 Å². The van der Waals surface area contributed by atoms with Crippen LogP contribution in [0.4, 0.5) is 0 Å². The molecule has 5 heteroatoms. The molecule has 112 valence electrons. The summed E-state index contributed by atoms with van der Waals surface area (Å²) in [5.41, 5.74) is 0. The fourth-order valence-electron chi connectivity index (χ4n) is 3.32. The van der Waals surface area contributed by atoms with Crippen LogP contribution in [-0.4, -0.2) is 56.5 Å². The van der Waals surface area contributed by atoms with Crippen molar-refractivity contribution in [1.82, 2.24) is 10.2 Å². The molecule has 3 unspecified atom stereocenters. The van der Waals surface area contributed by atoms with E-state index in [9.17, 15) is 8.42 Å². The van der Waals surface area contributed by atoms with Crippen LogP contribution >= 0.6 is 0 Å². The third-order valence-corrected chi connectivity index (χ3v) is 6.19. The summed E-state index contributed by atoms with van der Waals surface area (Å²) < 4.78 is 23.1. The summed E-state index contributed by atoms with van der Waals surface area (Å²) in [4.78, 5) is 2.50. The second kappa shape index (κ2) is 6.10. The Morgan fingerprint density at radius 2 is 2.11 bits per heavy atom. The van der Waals surface area contributed by atoms with E-state index in [1.54, 1.807) is 0 Å². The van der Waals surface area contributed by atoms with Crippen molar-refractivity contribution in [3.63, 3.8) is 0 Å². The number of nitrogens with one attached hydrogen (secondary N) is 1. The summed E-state index contributed by atoms with van der Waals surface area (Å²) in [6.07, 6.45) is 2.06. The normalized spacial score (nSPS) is 35.9. The Labute approximate surface area is 117 Å². The van der Waals surface area contributed by atoms with Gasteiger partial charge in [0.05, 0.1) is 11.5 Å². The van der Waals surface area contributed by atoms with Crippen molar-refractivity contribution >= 4 is 9.84 Å². The molecule has 0 aromatic heterocycles. The summed E-state index contributed by atoms with van der Waals surface area (Å²) in [5, 5.41) is 3.61. The highest BCUT2D eigenvalue weighted by Crippen LogP contribution is 2.22. The van der Waals surface area contributed by atoms with E-state index < -0.39 is 9.84 Å². The summed E-state index contributed by atoms with van der Waals surface area (Å²) in [6.45, 7) is 9.80. The van der Waals surface area contributed by atoms with Crippen LogP contribution in [0, 0.1) is 11.8 Å². The molecule has 0 aromatic carbocycles. The standard InChI is InChI=1S/C14H28N2O2S/c1-11(2)6-14-9-16(12(3)7-15-14)8-13-4-5-19(17,18)10-13/h11-15H,4-10H2,1-3H3. The third kappa shape index (κ3) is 4.43. The Balaban J connectivity index is 1.87. The predicted octanol–water partition coefficient (Wildman–Crippen LogP) is 1.13. The highest BCUT2D eigenvalue weighted by atomic mass is 32.2. The van der Waals surface area contributed by atoms with E-state index >= 15 is 0 Å². The molecule has 0 radical (unpaired) electrons. The van der Waals surface area contributed by atoms with Crippen molar-refractivity contribution in [3.05, 3.63) is 0 Å². The van der Waals surface area contributed by atoms with Gasteiger partial charge in [-0.1, -0.05) is 13.8 Å². The van der Waals surface area contributed by atoms with E-state index in [0.29, 0.717) is 35.4 Å². The van der Waals surface area contributed by atoms with Crippen molar-refractivity contribution in [2.75, 3.05) is 31.1 Å². The first-order chi connectivity index (χ1) is 8.85. The molecule has 3 atom stereocenters.